The highest BCUT2D eigenvalue weighted by Crippen LogP contribution is 2.19. The number of nitrogens with zero attached hydrogens (tertiary/aromatic N) is 1. The van der Waals surface area contributed by atoms with Gasteiger partial charge in [0.15, 0.2) is 0 Å². The van der Waals surface area contributed by atoms with E-state index < -0.39 is 21.7 Å². The summed E-state index contributed by atoms with van der Waals surface area (Å²) in [6, 6.07) is 4.17. The number of nitrogens with one attached hydrogen (secondary N) is 1. The second-order valence-electron chi connectivity index (χ2n) is 3.97. The molecule has 0 aliphatic carbocycles. The fourth-order valence-corrected chi connectivity index (χ4v) is 1.97. The van der Waals surface area contributed by atoms with Gasteiger partial charge in [-0.2, -0.15) is 0 Å². The Morgan fingerprint density at radius 2 is 2.10 bits per heavy atom. The monoisotopic (exact) mass is 299 g/mol. The van der Waals surface area contributed by atoms with Gasteiger partial charge in [-0.25, -0.2) is 17.9 Å². The van der Waals surface area contributed by atoms with Gasteiger partial charge in [-0.3, -0.25) is 4.79 Å². The molecule has 0 aliphatic rings. The molecule has 0 spiro atoms. The fourth-order valence-electron chi connectivity index (χ4n) is 1.43. The maximum Gasteiger partial charge on any atom is 0.294 e. The predicted molar refractivity (Wildman–Crippen MR) is 67.0 cm³/mol. The first-order valence-corrected chi connectivity index (χ1v) is 6.89. The van der Waals surface area contributed by atoms with Crippen LogP contribution in [0.25, 0.3) is 0 Å². The van der Waals surface area contributed by atoms with E-state index in [0.717, 1.165) is 18.2 Å². The summed E-state index contributed by atoms with van der Waals surface area (Å²) in [5.41, 5.74) is 0.157. The minimum Gasteiger partial charge on any atom is -0.351 e. The minimum absolute atomic E-state index is 0.122. The Morgan fingerprint density at radius 1 is 1.40 bits per heavy atom. The van der Waals surface area contributed by atoms with Crippen LogP contribution in [0.2, 0.25) is 0 Å². The highest BCUT2D eigenvalue weighted by atomic mass is 32.2. The van der Waals surface area contributed by atoms with Gasteiger partial charge >= 0.3 is 0 Å². The number of carbonyl (C=O) groups excluding carboxylic acids is 1. The van der Waals surface area contributed by atoms with Crippen molar-refractivity contribution < 1.29 is 22.1 Å². The maximum absolute atomic E-state index is 13.5. The van der Waals surface area contributed by atoms with E-state index in [1.165, 1.54) is 6.07 Å². The number of aryl methyl sites for hydroxylation is 1. The summed E-state index contributed by atoms with van der Waals surface area (Å²) < 4.78 is 40.6. The number of amides is 1. The number of hydrogen-bond acceptors (Lipinski definition) is 5. The fraction of sp³-hybridized carbons (Fsp3) is 0.0909. The van der Waals surface area contributed by atoms with Gasteiger partial charge in [-0.05, 0) is 25.1 Å². The van der Waals surface area contributed by atoms with Crippen molar-refractivity contribution in [1.29, 1.82) is 0 Å². The standard InChI is InChI=1S/C11H10FN3O4S/c1-6-4-10(19-15-6)11(16)14-9-5-7(20(13,17)18)2-3-8(9)12/h2-5H,1H3,(H,14,16)(H2,13,17,18). The number of hydrogen-bond donors (Lipinski definition) is 2. The second kappa shape index (κ2) is 5.02. The van der Waals surface area contributed by atoms with E-state index in [1.54, 1.807) is 6.92 Å². The van der Waals surface area contributed by atoms with Gasteiger partial charge in [0.05, 0.1) is 16.3 Å². The number of benzene rings is 1. The molecule has 0 unspecified atom stereocenters. The summed E-state index contributed by atoms with van der Waals surface area (Å²) in [5, 5.41) is 10.6. The lowest BCUT2D eigenvalue weighted by Crippen LogP contribution is -2.15. The van der Waals surface area contributed by atoms with E-state index in [4.69, 9.17) is 9.66 Å². The molecular weight excluding hydrogens is 289 g/mol. The van der Waals surface area contributed by atoms with Crippen LogP contribution in [-0.2, 0) is 10.0 Å². The van der Waals surface area contributed by atoms with E-state index in [0.29, 0.717) is 5.69 Å². The van der Waals surface area contributed by atoms with Crippen molar-refractivity contribution in [3.05, 3.63) is 41.5 Å². The summed E-state index contributed by atoms with van der Waals surface area (Å²) >= 11 is 0. The molecule has 1 heterocycles. The Bertz CT molecular complexity index is 770. The molecular formula is C11H10FN3O4S. The van der Waals surface area contributed by atoms with Crippen LogP contribution in [0.1, 0.15) is 16.2 Å². The molecule has 0 radical (unpaired) electrons. The van der Waals surface area contributed by atoms with Crippen LogP contribution in [0.4, 0.5) is 10.1 Å². The van der Waals surface area contributed by atoms with Crippen molar-refractivity contribution in [3.63, 3.8) is 0 Å². The number of carbonyl (C=O) groups is 1. The average molecular weight is 299 g/mol. The summed E-state index contributed by atoms with van der Waals surface area (Å²) in [5.74, 6) is -1.68. The van der Waals surface area contributed by atoms with Crippen molar-refractivity contribution in [3.8, 4) is 0 Å². The Balaban J connectivity index is 2.31. The lowest BCUT2D eigenvalue weighted by atomic mass is 10.3. The van der Waals surface area contributed by atoms with Gasteiger partial charge in [0, 0.05) is 6.07 Å². The van der Waals surface area contributed by atoms with Crippen LogP contribution in [-0.4, -0.2) is 19.5 Å². The SMILES string of the molecule is Cc1cc(C(=O)Nc2cc(S(N)(=O)=O)ccc2F)on1. The van der Waals surface area contributed by atoms with Gasteiger partial charge in [-0.1, -0.05) is 5.16 Å². The summed E-state index contributed by atoms with van der Waals surface area (Å²) in [6.07, 6.45) is 0. The topological polar surface area (TPSA) is 115 Å². The van der Waals surface area contributed by atoms with Crippen molar-refractivity contribution in [2.24, 2.45) is 5.14 Å². The van der Waals surface area contributed by atoms with E-state index in [1.807, 2.05) is 0 Å². The third kappa shape index (κ3) is 3.00. The van der Waals surface area contributed by atoms with Crippen LogP contribution in [0.5, 0.6) is 0 Å². The normalized spacial score (nSPS) is 11.3. The molecule has 0 fully saturated rings. The van der Waals surface area contributed by atoms with E-state index in [9.17, 15) is 17.6 Å². The highest BCUT2D eigenvalue weighted by Gasteiger charge is 2.16. The zero-order chi connectivity index (χ0) is 14.9. The molecule has 106 valence electrons. The van der Waals surface area contributed by atoms with Crippen LogP contribution < -0.4 is 10.5 Å². The van der Waals surface area contributed by atoms with Gasteiger partial charge in [0.25, 0.3) is 5.91 Å². The molecule has 0 saturated heterocycles. The second-order valence-corrected chi connectivity index (χ2v) is 5.53. The average Bonchev–Trinajstić information content (AvgIpc) is 2.77. The van der Waals surface area contributed by atoms with Crippen molar-refractivity contribution in [2.45, 2.75) is 11.8 Å². The molecule has 20 heavy (non-hydrogen) atoms. The summed E-state index contributed by atoms with van der Waals surface area (Å²) in [7, 11) is -3.99. The summed E-state index contributed by atoms with van der Waals surface area (Å²) in [4.78, 5) is 11.4. The Kier molecular flexibility index (Phi) is 3.55. The van der Waals surface area contributed by atoms with Crippen molar-refractivity contribution >= 4 is 21.6 Å². The van der Waals surface area contributed by atoms with Crippen LogP contribution >= 0.6 is 0 Å². The predicted octanol–water partition coefficient (Wildman–Crippen LogP) is 1.02. The van der Waals surface area contributed by atoms with Crippen LogP contribution in [0, 0.1) is 12.7 Å². The first kappa shape index (κ1) is 14.2. The smallest absolute Gasteiger partial charge is 0.294 e. The number of primary sulfonamides is 1. The molecule has 0 aliphatic heterocycles. The lowest BCUT2D eigenvalue weighted by molar-refractivity contribution is 0.0987. The number of rotatable bonds is 3. The van der Waals surface area contributed by atoms with E-state index in [-0.39, 0.29) is 16.3 Å². The molecule has 9 heteroatoms. The van der Waals surface area contributed by atoms with Gasteiger partial charge in [0.1, 0.15) is 5.82 Å². The van der Waals surface area contributed by atoms with Crippen LogP contribution in [0.15, 0.2) is 33.7 Å². The largest absolute Gasteiger partial charge is 0.351 e. The summed E-state index contributed by atoms with van der Waals surface area (Å²) in [6.45, 7) is 1.61. The Labute approximate surface area is 113 Å². The molecule has 1 aromatic carbocycles. The van der Waals surface area contributed by atoms with Gasteiger partial charge < -0.3 is 9.84 Å². The molecule has 0 bridgehead atoms. The number of aromatic nitrogens is 1. The maximum atomic E-state index is 13.5. The molecule has 0 saturated carbocycles. The van der Waals surface area contributed by atoms with Gasteiger partial charge in [-0.15, -0.1) is 0 Å². The first-order valence-electron chi connectivity index (χ1n) is 5.34. The molecule has 0 atom stereocenters. The third-order valence-electron chi connectivity index (χ3n) is 2.37. The quantitative estimate of drug-likeness (QED) is 0.878. The molecule has 2 aromatic rings. The minimum atomic E-state index is -3.99. The molecule has 7 nitrogen and oxygen atoms in total. The van der Waals surface area contributed by atoms with E-state index in [2.05, 4.69) is 10.5 Å². The Morgan fingerprint density at radius 3 is 2.65 bits per heavy atom. The molecule has 3 N–H and O–H groups in total. The van der Waals surface area contributed by atoms with E-state index >= 15 is 0 Å². The number of nitrogens with two attached hydrogens (primary N) is 1. The van der Waals surface area contributed by atoms with Crippen LogP contribution in [0.3, 0.4) is 0 Å². The zero-order valence-electron chi connectivity index (χ0n) is 10.3. The lowest BCUT2D eigenvalue weighted by Gasteiger charge is -2.06. The Hall–Kier alpha value is -2.26. The first-order chi connectivity index (χ1) is 9.27. The number of halogens is 1. The molecule has 2 rings (SSSR count). The zero-order valence-corrected chi connectivity index (χ0v) is 11.1. The number of anilines is 1. The highest BCUT2D eigenvalue weighted by molar-refractivity contribution is 7.89. The molecule has 1 aromatic heterocycles. The number of sulfonamides is 1. The molecule has 1 amide bonds. The van der Waals surface area contributed by atoms with Gasteiger partial charge in [0.2, 0.25) is 15.8 Å². The van der Waals surface area contributed by atoms with Crippen molar-refractivity contribution in [1.82, 2.24) is 5.16 Å². The third-order valence-corrected chi connectivity index (χ3v) is 3.28. The van der Waals surface area contributed by atoms with Crippen molar-refractivity contribution in [2.75, 3.05) is 5.32 Å².